The highest BCUT2D eigenvalue weighted by molar-refractivity contribution is 7.98. The summed E-state index contributed by atoms with van der Waals surface area (Å²) in [6.07, 6.45) is 1.00. The lowest BCUT2D eigenvalue weighted by molar-refractivity contribution is 0.721. The first kappa shape index (κ1) is 13.1. The highest BCUT2D eigenvalue weighted by Gasteiger charge is 2.03. The average Bonchev–Trinajstić information content (AvgIpc) is 2.17. The van der Waals surface area contributed by atoms with E-state index in [4.69, 9.17) is 28.9 Å². The van der Waals surface area contributed by atoms with Crippen LogP contribution in [-0.2, 0) is 5.75 Å². The molecule has 0 aromatic carbocycles. The van der Waals surface area contributed by atoms with Gasteiger partial charge >= 0.3 is 0 Å². The first-order valence-electron chi connectivity index (χ1n) is 4.74. The van der Waals surface area contributed by atoms with Crippen molar-refractivity contribution in [1.82, 2.24) is 4.98 Å². The molecule has 0 aliphatic heterocycles. The molecule has 84 valence electrons. The first-order valence-corrected chi connectivity index (χ1v) is 6.65. The minimum absolute atomic E-state index is 0.250. The second kappa shape index (κ2) is 6.59. The van der Waals surface area contributed by atoms with Crippen molar-refractivity contribution in [1.29, 1.82) is 0 Å². The van der Waals surface area contributed by atoms with E-state index in [0.717, 1.165) is 23.6 Å². The third kappa shape index (κ3) is 5.07. The molecule has 0 amide bonds. The molecule has 1 atom stereocenters. The third-order valence-electron chi connectivity index (χ3n) is 1.84. The molecular formula is C10H14Cl2N2S. The van der Waals surface area contributed by atoms with Crippen molar-refractivity contribution >= 4 is 35.0 Å². The van der Waals surface area contributed by atoms with E-state index in [1.165, 1.54) is 0 Å². The molecule has 5 heteroatoms. The lowest BCUT2D eigenvalue weighted by Gasteiger charge is -2.05. The van der Waals surface area contributed by atoms with Gasteiger partial charge in [0.25, 0.3) is 0 Å². The van der Waals surface area contributed by atoms with E-state index in [9.17, 15) is 0 Å². The monoisotopic (exact) mass is 264 g/mol. The Balaban J connectivity index is 2.40. The number of hydrogen-bond acceptors (Lipinski definition) is 3. The summed E-state index contributed by atoms with van der Waals surface area (Å²) < 4.78 is 0. The van der Waals surface area contributed by atoms with Crippen LogP contribution in [0.2, 0.25) is 10.2 Å². The second-order valence-electron chi connectivity index (χ2n) is 3.38. The van der Waals surface area contributed by atoms with E-state index in [1.54, 1.807) is 23.9 Å². The fraction of sp³-hybridized carbons (Fsp3) is 0.500. The van der Waals surface area contributed by atoms with E-state index >= 15 is 0 Å². The van der Waals surface area contributed by atoms with Crippen LogP contribution < -0.4 is 5.73 Å². The van der Waals surface area contributed by atoms with Crippen LogP contribution in [0.15, 0.2) is 12.1 Å². The van der Waals surface area contributed by atoms with Gasteiger partial charge in [0.2, 0.25) is 0 Å². The lowest BCUT2D eigenvalue weighted by atomic mass is 10.3. The molecular weight excluding hydrogens is 251 g/mol. The Morgan fingerprint density at radius 3 is 2.87 bits per heavy atom. The van der Waals surface area contributed by atoms with Gasteiger partial charge < -0.3 is 5.73 Å². The van der Waals surface area contributed by atoms with Crippen molar-refractivity contribution in [2.45, 2.75) is 25.1 Å². The molecule has 0 aliphatic rings. The molecule has 0 spiro atoms. The van der Waals surface area contributed by atoms with Crippen molar-refractivity contribution in [2.24, 2.45) is 5.73 Å². The molecule has 15 heavy (non-hydrogen) atoms. The van der Waals surface area contributed by atoms with Gasteiger partial charge in [-0.05, 0) is 31.2 Å². The maximum Gasteiger partial charge on any atom is 0.129 e. The fourth-order valence-electron chi connectivity index (χ4n) is 0.997. The zero-order chi connectivity index (χ0) is 11.3. The van der Waals surface area contributed by atoms with Crippen molar-refractivity contribution in [3.63, 3.8) is 0 Å². The molecule has 0 fully saturated rings. The van der Waals surface area contributed by atoms with Crippen LogP contribution in [0.4, 0.5) is 0 Å². The van der Waals surface area contributed by atoms with Gasteiger partial charge in [-0.1, -0.05) is 23.2 Å². The van der Waals surface area contributed by atoms with Crippen molar-refractivity contribution in [3.05, 3.63) is 28.0 Å². The average molecular weight is 265 g/mol. The van der Waals surface area contributed by atoms with Crippen LogP contribution in [0.1, 0.15) is 19.0 Å². The van der Waals surface area contributed by atoms with Crippen molar-refractivity contribution in [2.75, 3.05) is 5.75 Å². The Labute approximate surface area is 105 Å². The van der Waals surface area contributed by atoms with Crippen LogP contribution in [0.5, 0.6) is 0 Å². The molecule has 0 aliphatic carbocycles. The minimum Gasteiger partial charge on any atom is -0.328 e. The van der Waals surface area contributed by atoms with Gasteiger partial charge in [-0.15, -0.1) is 0 Å². The second-order valence-corrected chi connectivity index (χ2v) is 5.28. The summed E-state index contributed by atoms with van der Waals surface area (Å²) in [6, 6.07) is 3.72. The zero-order valence-corrected chi connectivity index (χ0v) is 10.9. The smallest absolute Gasteiger partial charge is 0.129 e. The number of rotatable bonds is 5. The largest absolute Gasteiger partial charge is 0.328 e. The van der Waals surface area contributed by atoms with E-state index in [-0.39, 0.29) is 6.04 Å². The predicted octanol–water partition coefficient (Wildman–Crippen LogP) is 3.36. The summed E-state index contributed by atoms with van der Waals surface area (Å²) >= 11 is 13.5. The number of hydrogen-bond donors (Lipinski definition) is 1. The molecule has 1 heterocycles. The quantitative estimate of drug-likeness (QED) is 0.655. The van der Waals surface area contributed by atoms with Gasteiger partial charge in [-0.3, -0.25) is 0 Å². The minimum atomic E-state index is 0.250. The summed E-state index contributed by atoms with van der Waals surface area (Å²) in [5, 5.41) is 1.16. The Hall–Kier alpha value is 0.0400. The number of nitrogens with zero attached hydrogens (tertiary/aromatic N) is 1. The van der Waals surface area contributed by atoms with Gasteiger partial charge in [0.15, 0.2) is 0 Å². The summed E-state index contributed by atoms with van der Waals surface area (Å²) in [5.41, 5.74) is 6.50. The van der Waals surface area contributed by atoms with Crippen LogP contribution in [-0.4, -0.2) is 16.8 Å². The molecule has 1 aromatic heterocycles. The van der Waals surface area contributed by atoms with E-state index in [0.29, 0.717) is 10.2 Å². The van der Waals surface area contributed by atoms with Gasteiger partial charge in [0, 0.05) is 11.8 Å². The zero-order valence-electron chi connectivity index (χ0n) is 8.54. The highest BCUT2D eigenvalue weighted by Crippen LogP contribution is 2.21. The molecule has 0 saturated carbocycles. The van der Waals surface area contributed by atoms with Gasteiger partial charge in [-0.25, -0.2) is 4.98 Å². The molecule has 2 nitrogen and oxygen atoms in total. The molecule has 0 radical (unpaired) electrons. The number of thioether (sulfide) groups is 1. The predicted molar refractivity (Wildman–Crippen MR) is 68.7 cm³/mol. The molecule has 1 unspecified atom stereocenters. The van der Waals surface area contributed by atoms with Crippen LogP contribution >= 0.6 is 35.0 Å². The molecule has 0 bridgehead atoms. The van der Waals surface area contributed by atoms with Crippen LogP contribution in [0, 0.1) is 0 Å². The summed E-state index contributed by atoms with van der Waals surface area (Å²) in [7, 11) is 0. The highest BCUT2D eigenvalue weighted by atomic mass is 35.5. The van der Waals surface area contributed by atoms with E-state index in [1.807, 2.05) is 6.92 Å². The number of nitrogens with two attached hydrogens (primary N) is 1. The normalized spacial score (nSPS) is 12.8. The maximum atomic E-state index is 5.98. The van der Waals surface area contributed by atoms with Gasteiger partial charge in [0.05, 0.1) is 10.7 Å². The Kier molecular flexibility index (Phi) is 5.75. The van der Waals surface area contributed by atoms with E-state index in [2.05, 4.69) is 4.98 Å². The standard InChI is InChI=1S/C10H14Cl2N2S/c1-7(13)4-5-15-6-9-8(11)2-3-10(12)14-9/h2-3,7H,4-6,13H2,1H3. The van der Waals surface area contributed by atoms with Crippen LogP contribution in [0.25, 0.3) is 0 Å². The maximum absolute atomic E-state index is 5.98. The summed E-state index contributed by atoms with van der Waals surface area (Å²) in [4.78, 5) is 4.17. The van der Waals surface area contributed by atoms with Crippen molar-refractivity contribution in [3.8, 4) is 0 Å². The van der Waals surface area contributed by atoms with Gasteiger partial charge in [-0.2, -0.15) is 11.8 Å². The Bertz CT molecular complexity index is 318. The molecule has 1 aromatic rings. The van der Waals surface area contributed by atoms with Crippen molar-refractivity contribution < 1.29 is 0 Å². The summed E-state index contributed by atoms with van der Waals surface area (Å²) in [5.74, 6) is 1.80. The lowest BCUT2D eigenvalue weighted by Crippen LogP contribution is -2.15. The molecule has 1 rings (SSSR count). The Morgan fingerprint density at radius 2 is 2.20 bits per heavy atom. The number of halogens is 2. The Morgan fingerprint density at radius 1 is 1.47 bits per heavy atom. The number of pyridine rings is 1. The topological polar surface area (TPSA) is 38.9 Å². The summed E-state index contributed by atoms with van der Waals surface area (Å²) in [6.45, 7) is 2.01. The SMILES string of the molecule is CC(N)CCSCc1nc(Cl)ccc1Cl. The van der Waals surface area contributed by atoms with E-state index < -0.39 is 0 Å². The molecule has 2 N–H and O–H groups in total. The molecule has 0 saturated heterocycles. The van der Waals surface area contributed by atoms with Crippen LogP contribution in [0.3, 0.4) is 0 Å². The van der Waals surface area contributed by atoms with Gasteiger partial charge in [0.1, 0.15) is 5.15 Å². The third-order valence-corrected chi connectivity index (χ3v) is 3.40. The first-order chi connectivity index (χ1) is 7.09. The number of aromatic nitrogens is 1. The fourth-order valence-corrected chi connectivity index (χ4v) is 2.51.